The van der Waals surface area contributed by atoms with Crippen LogP contribution in [0.1, 0.15) is 48.9 Å². The highest BCUT2D eigenvalue weighted by Gasteiger charge is 2.19. The van der Waals surface area contributed by atoms with Gasteiger partial charge in [0.15, 0.2) is 0 Å². The second-order valence-electron chi connectivity index (χ2n) is 5.31. The molecule has 108 valence electrons. The molecule has 0 saturated carbocycles. The van der Waals surface area contributed by atoms with Gasteiger partial charge in [-0.25, -0.2) is 9.78 Å². The molecule has 1 aromatic heterocycles. The van der Waals surface area contributed by atoms with Gasteiger partial charge in [-0.1, -0.05) is 13.8 Å². The Bertz CT molecular complexity index is 634. The second kappa shape index (κ2) is 5.87. The standard InChI is InChI=1S/C15H20N2O2S/c1-9(2)14-16-12-6-5-11(15(18)19)7-13(12)17(14)10(3)8-20-4/h5-7,9-10H,8H2,1-4H3,(H,18,19). The van der Waals surface area contributed by atoms with Gasteiger partial charge in [0.2, 0.25) is 0 Å². The Balaban J connectivity index is 2.67. The average molecular weight is 292 g/mol. The van der Waals surface area contributed by atoms with Crippen molar-refractivity contribution in [1.82, 2.24) is 9.55 Å². The number of benzene rings is 1. The van der Waals surface area contributed by atoms with Crippen molar-refractivity contribution >= 4 is 28.8 Å². The highest BCUT2D eigenvalue weighted by Crippen LogP contribution is 2.28. The number of nitrogens with zero attached hydrogens (tertiary/aromatic N) is 2. The fraction of sp³-hybridized carbons (Fsp3) is 0.467. The van der Waals surface area contributed by atoms with E-state index in [0.29, 0.717) is 11.5 Å². The van der Waals surface area contributed by atoms with Crippen molar-refractivity contribution in [3.8, 4) is 0 Å². The number of rotatable bonds is 5. The van der Waals surface area contributed by atoms with Crippen molar-refractivity contribution in [2.24, 2.45) is 0 Å². The van der Waals surface area contributed by atoms with Crippen LogP contribution in [0.5, 0.6) is 0 Å². The van der Waals surface area contributed by atoms with Crippen LogP contribution in [-0.4, -0.2) is 32.6 Å². The van der Waals surface area contributed by atoms with Gasteiger partial charge in [-0.05, 0) is 31.4 Å². The Morgan fingerprint density at radius 2 is 2.10 bits per heavy atom. The number of carboxylic acids is 1. The number of thioether (sulfide) groups is 1. The molecule has 1 heterocycles. The van der Waals surface area contributed by atoms with E-state index in [1.807, 2.05) is 0 Å². The van der Waals surface area contributed by atoms with Crippen LogP contribution in [0.25, 0.3) is 11.0 Å². The van der Waals surface area contributed by atoms with Gasteiger partial charge < -0.3 is 9.67 Å². The summed E-state index contributed by atoms with van der Waals surface area (Å²) in [6.07, 6.45) is 2.08. The molecule has 5 heteroatoms. The number of hydrogen-bond acceptors (Lipinski definition) is 3. The molecule has 0 amide bonds. The Morgan fingerprint density at radius 1 is 1.40 bits per heavy atom. The molecule has 1 N–H and O–H groups in total. The van der Waals surface area contributed by atoms with Gasteiger partial charge >= 0.3 is 5.97 Å². The van der Waals surface area contributed by atoms with Gasteiger partial charge in [0.25, 0.3) is 0 Å². The quantitative estimate of drug-likeness (QED) is 0.911. The normalized spacial score (nSPS) is 13.1. The van der Waals surface area contributed by atoms with Crippen LogP contribution in [0.3, 0.4) is 0 Å². The minimum Gasteiger partial charge on any atom is -0.478 e. The molecule has 20 heavy (non-hydrogen) atoms. The molecule has 0 bridgehead atoms. The van der Waals surface area contributed by atoms with Gasteiger partial charge in [0.1, 0.15) is 5.82 Å². The van der Waals surface area contributed by atoms with Crippen LogP contribution < -0.4 is 0 Å². The summed E-state index contributed by atoms with van der Waals surface area (Å²) in [6, 6.07) is 5.43. The van der Waals surface area contributed by atoms with Crippen molar-refractivity contribution in [2.45, 2.75) is 32.7 Å². The van der Waals surface area contributed by atoms with E-state index in [9.17, 15) is 4.79 Å². The lowest BCUT2D eigenvalue weighted by Crippen LogP contribution is -2.12. The Hall–Kier alpha value is -1.49. The summed E-state index contributed by atoms with van der Waals surface area (Å²) in [7, 11) is 0. The largest absolute Gasteiger partial charge is 0.478 e. The van der Waals surface area contributed by atoms with Gasteiger partial charge in [-0.3, -0.25) is 0 Å². The molecule has 0 saturated heterocycles. The van der Waals surface area contributed by atoms with Crippen LogP contribution in [0.4, 0.5) is 0 Å². The SMILES string of the molecule is CSCC(C)n1c(C(C)C)nc2ccc(C(=O)O)cc21. The van der Waals surface area contributed by atoms with Crippen LogP contribution in [0.2, 0.25) is 0 Å². The van der Waals surface area contributed by atoms with Crippen molar-refractivity contribution in [3.63, 3.8) is 0 Å². The Morgan fingerprint density at radius 3 is 2.65 bits per heavy atom. The number of hydrogen-bond donors (Lipinski definition) is 1. The second-order valence-corrected chi connectivity index (χ2v) is 6.22. The fourth-order valence-electron chi connectivity index (χ4n) is 2.43. The fourth-order valence-corrected chi connectivity index (χ4v) is 3.06. The molecule has 0 fully saturated rings. The molecule has 0 aliphatic heterocycles. The summed E-state index contributed by atoms with van der Waals surface area (Å²) in [5.74, 6) is 1.40. The zero-order valence-electron chi connectivity index (χ0n) is 12.3. The molecule has 1 aromatic carbocycles. The van der Waals surface area contributed by atoms with E-state index in [4.69, 9.17) is 5.11 Å². The smallest absolute Gasteiger partial charge is 0.335 e. The summed E-state index contributed by atoms with van der Waals surface area (Å²) in [6.45, 7) is 6.38. The highest BCUT2D eigenvalue weighted by molar-refractivity contribution is 7.98. The summed E-state index contributed by atoms with van der Waals surface area (Å²) >= 11 is 1.78. The number of carboxylic acid groups (broad SMARTS) is 1. The lowest BCUT2D eigenvalue weighted by molar-refractivity contribution is 0.0697. The first-order chi connectivity index (χ1) is 9.45. The molecular weight excluding hydrogens is 272 g/mol. The predicted molar refractivity (Wildman–Crippen MR) is 83.9 cm³/mol. The molecule has 4 nitrogen and oxygen atoms in total. The third-order valence-corrected chi connectivity index (χ3v) is 4.14. The summed E-state index contributed by atoms with van der Waals surface area (Å²) in [4.78, 5) is 15.8. The van der Waals surface area contributed by atoms with Crippen LogP contribution in [0, 0.1) is 0 Å². The summed E-state index contributed by atoms with van der Waals surface area (Å²) < 4.78 is 2.18. The summed E-state index contributed by atoms with van der Waals surface area (Å²) in [5.41, 5.74) is 2.09. The lowest BCUT2D eigenvalue weighted by Gasteiger charge is -2.18. The van der Waals surface area contributed by atoms with Crippen molar-refractivity contribution < 1.29 is 9.90 Å². The highest BCUT2D eigenvalue weighted by atomic mass is 32.2. The number of fused-ring (bicyclic) bond motifs is 1. The average Bonchev–Trinajstić information content (AvgIpc) is 2.77. The zero-order valence-corrected chi connectivity index (χ0v) is 13.1. The molecular formula is C15H20N2O2S. The monoisotopic (exact) mass is 292 g/mol. The number of aromatic carboxylic acids is 1. The van der Waals surface area contributed by atoms with Gasteiger partial charge in [-0.15, -0.1) is 0 Å². The Labute approximate surface area is 123 Å². The molecule has 0 aliphatic rings. The van der Waals surface area contributed by atoms with Gasteiger partial charge in [0, 0.05) is 17.7 Å². The minimum absolute atomic E-state index is 0.288. The third kappa shape index (κ3) is 2.68. The lowest BCUT2D eigenvalue weighted by atomic mass is 10.2. The molecule has 0 radical (unpaired) electrons. The third-order valence-electron chi connectivity index (χ3n) is 3.33. The summed E-state index contributed by atoms with van der Waals surface area (Å²) in [5, 5.41) is 9.16. The van der Waals surface area contributed by atoms with E-state index in [0.717, 1.165) is 22.6 Å². The van der Waals surface area contributed by atoms with Crippen LogP contribution >= 0.6 is 11.8 Å². The van der Waals surface area contributed by atoms with E-state index >= 15 is 0 Å². The van der Waals surface area contributed by atoms with Crippen molar-refractivity contribution in [3.05, 3.63) is 29.6 Å². The van der Waals surface area contributed by atoms with Crippen LogP contribution in [0.15, 0.2) is 18.2 Å². The Kier molecular flexibility index (Phi) is 4.38. The molecule has 1 atom stereocenters. The van der Waals surface area contributed by atoms with E-state index in [-0.39, 0.29) is 6.04 Å². The van der Waals surface area contributed by atoms with Crippen molar-refractivity contribution in [2.75, 3.05) is 12.0 Å². The number of imidazole rings is 1. The first-order valence-electron chi connectivity index (χ1n) is 6.69. The van der Waals surface area contributed by atoms with Gasteiger partial charge in [-0.2, -0.15) is 11.8 Å². The number of carbonyl (C=O) groups is 1. The number of aromatic nitrogens is 2. The molecule has 2 rings (SSSR count). The molecule has 0 aliphatic carbocycles. The van der Waals surface area contributed by atoms with E-state index in [2.05, 4.69) is 36.6 Å². The maximum atomic E-state index is 11.2. The zero-order chi connectivity index (χ0) is 14.9. The van der Waals surface area contributed by atoms with E-state index < -0.39 is 5.97 Å². The molecule has 1 unspecified atom stereocenters. The van der Waals surface area contributed by atoms with E-state index in [1.165, 1.54) is 0 Å². The molecule has 0 spiro atoms. The molecule has 2 aromatic rings. The minimum atomic E-state index is -0.900. The predicted octanol–water partition coefficient (Wildman–Crippen LogP) is 3.78. The van der Waals surface area contributed by atoms with E-state index in [1.54, 1.807) is 30.0 Å². The topological polar surface area (TPSA) is 55.1 Å². The maximum absolute atomic E-state index is 11.2. The first kappa shape index (κ1) is 14.9. The maximum Gasteiger partial charge on any atom is 0.335 e. The van der Waals surface area contributed by atoms with Crippen molar-refractivity contribution in [1.29, 1.82) is 0 Å². The first-order valence-corrected chi connectivity index (χ1v) is 8.09. The van der Waals surface area contributed by atoms with Gasteiger partial charge in [0.05, 0.1) is 16.6 Å². The van der Waals surface area contributed by atoms with Crippen LogP contribution in [-0.2, 0) is 0 Å².